The molecule has 2 rings (SSSR count). The van der Waals surface area contributed by atoms with Gasteiger partial charge >= 0.3 is 0 Å². The van der Waals surface area contributed by atoms with Crippen LogP contribution in [0.1, 0.15) is 13.3 Å². The Morgan fingerprint density at radius 1 is 1.38 bits per heavy atom. The van der Waals surface area contributed by atoms with E-state index in [0.717, 1.165) is 0 Å². The molecule has 0 aromatic heterocycles. The Kier molecular flexibility index (Phi) is 2.70. The molecule has 0 bridgehead atoms. The van der Waals surface area contributed by atoms with Gasteiger partial charge in [0, 0.05) is 12.3 Å². The molecule has 0 heterocycles. The molecule has 16 heavy (non-hydrogen) atoms. The molecular weight excluding hydrogens is 214 g/mol. The molecule has 0 aromatic carbocycles. The van der Waals surface area contributed by atoms with E-state index in [1.54, 1.807) is 0 Å². The van der Waals surface area contributed by atoms with Gasteiger partial charge in [0.1, 0.15) is 12.2 Å². The van der Waals surface area contributed by atoms with E-state index in [1.165, 1.54) is 6.92 Å². The lowest BCUT2D eigenvalue weighted by Gasteiger charge is -2.39. The first kappa shape index (κ1) is 11.8. The first-order valence-electron chi connectivity index (χ1n) is 5.36. The highest BCUT2D eigenvalue weighted by molar-refractivity contribution is 5.73. The Labute approximate surface area is 92.9 Å². The van der Waals surface area contributed by atoms with E-state index in [1.807, 2.05) is 0 Å². The van der Waals surface area contributed by atoms with Gasteiger partial charge in [0.05, 0.1) is 18.8 Å². The van der Waals surface area contributed by atoms with Gasteiger partial charge in [-0.3, -0.25) is 4.79 Å². The predicted octanol–water partition coefficient (Wildman–Crippen LogP) is -2.41. The molecule has 6 atom stereocenters. The minimum absolute atomic E-state index is 0.171. The maximum Gasteiger partial charge on any atom is 0.217 e. The second-order valence-corrected chi connectivity index (χ2v) is 4.85. The maximum atomic E-state index is 11.0. The fourth-order valence-corrected chi connectivity index (χ4v) is 2.85. The fraction of sp³-hybridized carbons (Fsp3) is 0.900. The first-order valence-corrected chi connectivity index (χ1v) is 5.36. The summed E-state index contributed by atoms with van der Waals surface area (Å²) in [6, 6.07) is -0.594. The molecule has 0 aromatic rings. The summed E-state index contributed by atoms with van der Waals surface area (Å²) >= 11 is 0. The number of hydrogen-bond acceptors (Lipinski definition) is 5. The maximum absolute atomic E-state index is 11.0. The van der Waals surface area contributed by atoms with Crippen LogP contribution in [-0.4, -0.2) is 57.3 Å². The zero-order valence-corrected chi connectivity index (χ0v) is 9.00. The van der Waals surface area contributed by atoms with Gasteiger partial charge in [-0.05, 0) is 12.3 Å². The summed E-state index contributed by atoms with van der Waals surface area (Å²) < 4.78 is 0. The number of hydrogen-bond donors (Lipinski definition) is 5. The van der Waals surface area contributed by atoms with E-state index in [0.29, 0.717) is 6.42 Å². The summed E-state index contributed by atoms with van der Waals surface area (Å²) in [7, 11) is 0. The number of aliphatic hydroxyl groups excluding tert-OH is 4. The van der Waals surface area contributed by atoms with Crippen LogP contribution in [0.25, 0.3) is 0 Å². The van der Waals surface area contributed by atoms with Crippen LogP contribution in [0.5, 0.6) is 0 Å². The lowest BCUT2D eigenvalue weighted by Crippen LogP contribution is -2.60. The third-order valence-corrected chi connectivity index (χ3v) is 3.91. The van der Waals surface area contributed by atoms with E-state index in [4.69, 9.17) is 0 Å². The molecule has 0 spiro atoms. The summed E-state index contributed by atoms with van der Waals surface area (Å²) in [5.41, 5.74) is -0.758. The van der Waals surface area contributed by atoms with Gasteiger partial charge in [0.15, 0.2) is 0 Å². The number of amides is 1. The minimum atomic E-state index is -1.33. The zero-order valence-electron chi connectivity index (χ0n) is 9.00. The molecule has 92 valence electrons. The molecular formula is C10H17NO5. The molecule has 0 saturated heterocycles. The standard InChI is InChI=1S/C10H17NO5/c1-4(13)11-6-5-2-10(5,3-12)9(16)8(15)7(6)14/h5-9,12,14-16H,2-3H2,1H3,(H,11,13)/t5-,6-,7-,8+,9+,10+/m0/s1. The van der Waals surface area contributed by atoms with Gasteiger partial charge < -0.3 is 25.7 Å². The largest absolute Gasteiger partial charge is 0.396 e. The van der Waals surface area contributed by atoms with Crippen LogP contribution in [0.4, 0.5) is 0 Å². The minimum Gasteiger partial charge on any atom is -0.396 e. The van der Waals surface area contributed by atoms with Gasteiger partial charge in [-0.2, -0.15) is 0 Å². The lowest BCUT2D eigenvalue weighted by atomic mass is 9.79. The quantitative estimate of drug-likeness (QED) is 0.363. The molecule has 6 heteroatoms. The molecule has 1 amide bonds. The Morgan fingerprint density at radius 2 is 2.00 bits per heavy atom. The van der Waals surface area contributed by atoms with Crippen LogP contribution < -0.4 is 5.32 Å². The average molecular weight is 231 g/mol. The Morgan fingerprint density at radius 3 is 2.50 bits per heavy atom. The van der Waals surface area contributed by atoms with E-state index >= 15 is 0 Å². The number of nitrogens with one attached hydrogen (secondary N) is 1. The first-order chi connectivity index (χ1) is 7.44. The van der Waals surface area contributed by atoms with Crippen molar-refractivity contribution in [1.82, 2.24) is 5.32 Å². The highest BCUT2D eigenvalue weighted by Crippen LogP contribution is 2.60. The third kappa shape index (κ3) is 1.45. The molecule has 0 aliphatic heterocycles. The van der Waals surface area contributed by atoms with Gasteiger partial charge in [0.2, 0.25) is 5.91 Å². The smallest absolute Gasteiger partial charge is 0.217 e. The van der Waals surface area contributed by atoms with Crippen molar-refractivity contribution < 1.29 is 25.2 Å². The van der Waals surface area contributed by atoms with Crippen molar-refractivity contribution in [2.45, 2.75) is 37.7 Å². The van der Waals surface area contributed by atoms with Gasteiger partial charge in [0.25, 0.3) is 0 Å². The second kappa shape index (κ2) is 3.66. The molecule has 2 aliphatic rings. The van der Waals surface area contributed by atoms with Gasteiger partial charge in [-0.1, -0.05) is 0 Å². The van der Waals surface area contributed by atoms with Crippen molar-refractivity contribution in [1.29, 1.82) is 0 Å². The van der Waals surface area contributed by atoms with Gasteiger partial charge in [-0.15, -0.1) is 0 Å². The summed E-state index contributed by atoms with van der Waals surface area (Å²) in [5, 5.41) is 41.0. The molecule has 0 radical (unpaired) electrons. The van der Waals surface area contributed by atoms with E-state index in [2.05, 4.69) is 5.32 Å². The van der Waals surface area contributed by atoms with Crippen LogP contribution in [0, 0.1) is 11.3 Å². The lowest BCUT2D eigenvalue weighted by molar-refractivity contribution is -0.142. The van der Waals surface area contributed by atoms with Crippen LogP contribution in [-0.2, 0) is 4.79 Å². The Hall–Kier alpha value is -0.690. The number of carbonyl (C=O) groups is 1. The SMILES string of the molecule is CC(=O)N[C@@H]1[C@H](O)[C@@H](O)[C@@H](O)[C@@]2(CO)C[C@@H]12. The average Bonchev–Trinajstić information content (AvgIpc) is 2.97. The topological polar surface area (TPSA) is 110 Å². The summed E-state index contributed by atoms with van der Waals surface area (Å²) in [6.45, 7) is 1.08. The molecule has 2 saturated carbocycles. The highest BCUT2D eigenvalue weighted by Gasteiger charge is 2.68. The zero-order chi connectivity index (χ0) is 12.1. The number of rotatable bonds is 2. The van der Waals surface area contributed by atoms with E-state index in [-0.39, 0.29) is 18.4 Å². The van der Waals surface area contributed by atoms with Crippen molar-refractivity contribution in [3.8, 4) is 0 Å². The van der Waals surface area contributed by atoms with Crippen molar-refractivity contribution >= 4 is 5.91 Å². The number of fused-ring (bicyclic) bond motifs is 1. The van der Waals surface area contributed by atoms with Crippen LogP contribution in [0.3, 0.4) is 0 Å². The van der Waals surface area contributed by atoms with Crippen LogP contribution in [0.15, 0.2) is 0 Å². The third-order valence-electron chi connectivity index (χ3n) is 3.91. The summed E-state index contributed by atoms with van der Waals surface area (Å²) in [6.07, 6.45) is -3.15. The fourth-order valence-electron chi connectivity index (χ4n) is 2.85. The second-order valence-electron chi connectivity index (χ2n) is 4.85. The summed E-state index contributed by atoms with van der Waals surface area (Å²) in [5.74, 6) is -0.471. The molecule has 2 aliphatic carbocycles. The van der Waals surface area contributed by atoms with Crippen molar-refractivity contribution in [3.63, 3.8) is 0 Å². The van der Waals surface area contributed by atoms with E-state index in [9.17, 15) is 25.2 Å². The summed E-state index contributed by atoms with van der Waals surface area (Å²) in [4.78, 5) is 11.0. The molecule has 2 fully saturated rings. The van der Waals surface area contributed by atoms with Gasteiger partial charge in [-0.25, -0.2) is 0 Å². The van der Waals surface area contributed by atoms with Crippen molar-refractivity contribution in [2.75, 3.05) is 6.61 Å². The normalized spacial score (nSPS) is 50.7. The van der Waals surface area contributed by atoms with Crippen molar-refractivity contribution in [2.24, 2.45) is 11.3 Å². The predicted molar refractivity (Wildman–Crippen MR) is 53.3 cm³/mol. The molecule has 0 unspecified atom stereocenters. The van der Waals surface area contributed by atoms with Crippen LogP contribution >= 0.6 is 0 Å². The Bertz CT molecular complexity index is 310. The molecule has 5 N–H and O–H groups in total. The van der Waals surface area contributed by atoms with E-state index < -0.39 is 29.8 Å². The highest BCUT2D eigenvalue weighted by atomic mass is 16.4. The number of aliphatic hydroxyl groups is 4. The molecule has 6 nitrogen and oxygen atoms in total. The Balaban J connectivity index is 2.19. The number of carbonyl (C=O) groups excluding carboxylic acids is 1. The monoisotopic (exact) mass is 231 g/mol. The van der Waals surface area contributed by atoms with Crippen LogP contribution in [0.2, 0.25) is 0 Å². The van der Waals surface area contributed by atoms with Crippen molar-refractivity contribution in [3.05, 3.63) is 0 Å².